The van der Waals surface area contributed by atoms with Gasteiger partial charge in [-0.1, -0.05) is 32.8 Å². The third-order valence-electron chi connectivity index (χ3n) is 2.19. The summed E-state index contributed by atoms with van der Waals surface area (Å²) in [5.74, 6) is -2.88. The number of benzene rings is 1. The predicted molar refractivity (Wildman–Crippen MR) is 69.9 cm³/mol. The molecule has 0 heterocycles. The fourth-order valence-electron chi connectivity index (χ4n) is 1.03. The Balaban J connectivity index is 0.000000885. The SMILES string of the molecule is CCCC.O=C(O)CC(=O)Oc1cccc(C(F)(F)F)c1. The summed E-state index contributed by atoms with van der Waals surface area (Å²) in [4.78, 5) is 21.0. The molecule has 0 saturated carbocycles. The topological polar surface area (TPSA) is 63.6 Å². The number of hydrogen-bond donors (Lipinski definition) is 1. The van der Waals surface area contributed by atoms with Gasteiger partial charge in [0, 0.05) is 0 Å². The summed E-state index contributed by atoms with van der Waals surface area (Å²) in [5, 5.41) is 8.26. The quantitative estimate of drug-likeness (QED) is 0.520. The van der Waals surface area contributed by atoms with E-state index in [0.717, 1.165) is 18.2 Å². The van der Waals surface area contributed by atoms with E-state index in [1.54, 1.807) is 0 Å². The lowest BCUT2D eigenvalue weighted by Crippen LogP contribution is -2.13. The van der Waals surface area contributed by atoms with Crippen molar-refractivity contribution in [2.75, 3.05) is 0 Å². The molecule has 0 aliphatic rings. The van der Waals surface area contributed by atoms with Crippen molar-refractivity contribution in [3.05, 3.63) is 29.8 Å². The van der Waals surface area contributed by atoms with Crippen LogP contribution in [-0.4, -0.2) is 17.0 Å². The number of unbranched alkanes of at least 4 members (excludes halogenated alkanes) is 1. The summed E-state index contributed by atoms with van der Waals surface area (Å²) in [5.41, 5.74) is -0.974. The van der Waals surface area contributed by atoms with Crippen LogP contribution in [0.15, 0.2) is 24.3 Å². The Morgan fingerprint density at radius 3 is 2.19 bits per heavy atom. The van der Waals surface area contributed by atoms with Gasteiger partial charge in [-0.2, -0.15) is 13.2 Å². The van der Waals surface area contributed by atoms with Crippen LogP contribution in [0.25, 0.3) is 0 Å². The third-order valence-corrected chi connectivity index (χ3v) is 2.19. The van der Waals surface area contributed by atoms with Gasteiger partial charge in [0.25, 0.3) is 0 Å². The van der Waals surface area contributed by atoms with E-state index in [1.165, 1.54) is 12.8 Å². The van der Waals surface area contributed by atoms with Gasteiger partial charge in [-0.25, -0.2) is 0 Å². The normalized spacial score (nSPS) is 10.3. The summed E-state index contributed by atoms with van der Waals surface area (Å²) in [7, 11) is 0. The predicted octanol–water partition coefficient (Wildman–Crippen LogP) is 3.89. The number of ether oxygens (including phenoxy) is 1. The number of esters is 1. The van der Waals surface area contributed by atoms with Crippen molar-refractivity contribution in [3.8, 4) is 5.75 Å². The standard InChI is InChI=1S/C10H7F3O4.C4H10/c11-10(12,13)6-2-1-3-7(4-6)17-9(16)5-8(14)15;1-3-4-2/h1-4H,5H2,(H,14,15);3-4H2,1-2H3. The zero-order valence-electron chi connectivity index (χ0n) is 11.7. The maximum Gasteiger partial charge on any atom is 0.416 e. The van der Waals surface area contributed by atoms with E-state index < -0.39 is 30.1 Å². The molecule has 0 aliphatic carbocycles. The van der Waals surface area contributed by atoms with Gasteiger partial charge in [0.05, 0.1) is 5.56 Å². The number of carbonyl (C=O) groups excluding carboxylic acids is 1. The zero-order valence-corrected chi connectivity index (χ0v) is 11.7. The highest BCUT2D eigenvalue weighted by molar-refractivity contribution is 5.91. The fraction of sp³-hybridized carbons (Fsp3) is 0.429. The minimum atomic E-state index is -4.55. The molecule has 0 atom stereocenters. The van der Waals surface area contributed by atoms with Gasteiger partial charge < -0.3 is 9.84 Å². The third kappa shape index (κ3) is 8.67. The van der Waals surface area contributed by atoms with E-state index in [-0.39, 0.29) is 5.75 Å². The first-order valence-electron chi connectivity index (χ1n) is 6.30. The lowest BCUT2D eigenvalue weighted by Gasteiger charge is -2.08. The number of hydrogen-bond acceptors (Lipinski definition) is 3. The van der Waals surface area contributed by atoms with E-state index >= 15 is 0 Å². The van der Waals surface area contributed by atoms with E-state index in [9.17, 15) is 22.8 Å². The van der Waals surface area contributed by atoms with Crippen LogP contribution in [-0.2, 0) is 15.8 Å². The molecule has 1 aromatic rings. The highest BCUT2D eigenvalue weighted by Gasteiger charge is 2.30. The molecule has 0 saturated heterocycles. The van der Waals surface area contributed by atoms with E-state index in [1.807, 2.05) is 0 Å². The van der Waals surface area contributed by atoms with Crippen molar-refractivity contribution in [1.29, 1.82) is 0 Å². The summed E-state index contributed by atoms with van der Waals surface area (Å²) < 4.78 is 41.3. The van der Waals surface area contributed by atoms with E-state index in [4.69, 9.17) is 5.11 Å². The lowest BCUT2D eigenvalue weighted by molar-refractivity contribution is -0.146. The van der Waals surface area contributed by atoms with Crippen molar-refractivity contribution in [1.82, 2.24) is 0 Å². The second-order valence-corrected chi connectivity index (χ2v) is 4.07. The Labute approximate surface area is 120 Å². The summed E-state index contributed by atoms with van der Waals surface area (Å²) in [6.07, 6.45) is -2.81. The van der Waals surface area contributed by atoms with Crippen molar-refractivity contribution >= 4 is 11.9 Å². The monoisotopic (exact) mass is 306 g/mol. The number of alkyl halides is 3. The Hall–Kier alpha value is -2.05. The van der Waals surface area contributed by atoms with E-state index in [0.29, 0.717) is 6.07 Å². The van der Waals surface area contributed by atoms with Crippen LogP contribution in [0.3, 0.4) is 0 Å². The molecule has 0 bridgehead atoms. The van der Waals surface area contributed by atoms with Gasteiger partial charge in [0.15, 0.2) is 0 Å². The van der Waals surface area contributed by atoms with Gasteiger partial charge in [0.1, 0.15) is 12.2 Å². The van der Waals surface area contributed by atoms with Gasteiger partial charge in [0.2, 0.25) is 0 Å². The highest BCUT2D eigenvalue weighted by Crippen LogP contribution is 2.31. The average molecular weight is 306 g/mol. The Morgan fingerprint density at radius 1 is 1.19 bits per heavy atom. The molecule has 0 unspecified atom stereocenters. The fourth-order valence-corrected chi connectivity index (χ4v) is 1.03. The minimum absolute atomic E-state index is 0.342. The maximum absolute atomic E-state index is 12.3. The zero-order chi connectivity index (χ0) is 16.5. The van der Waals surface area contributed by atoms with Crippen LogP contribution in [0, 0.1) is 0 Å². The Morgan fingerprint density at radius 2 is 1.76 bits per heavy atom. The molecular weight excluding hydrogens is 289 g/mol. The van der Waals surface area contributed by atoms with Crippen molar-refractivity contribution < 1.29 is 32.6 Å². The molecule has 118 valence electrons. The molecular formula is C14H17F3O4. The first kappa shape index (κ1) is 18.9. The molecule has 1 N–H and O–H groups in total. The van der Waals surface area contributed by atoms with Crippen LogP contribution in [0.1, 0.15) is 38.7 Å². The number of carboxylic acid groups (broad SMARTS) is 1. The van der Waals surface area contributed by atoms with Crippen LogP contribution in [0.4, 0.5) is 13.2 Å². The van der Waals surface area contributed by atoms with Crippen molar-refractivity contribution in [2.24, 2.45) is 0 Å². The van der Waals surface area contributed by atoms with Gasteiger partial charge >= 0.3 is 18.1 Å². The Bertz CT molecular complexity index is 468. The molecule has 0 radical (unpaired) electrons. The van der Waals surface area contributed by atoms with Crippen LogP contribution in [0.2, 0.25) is 0 Å². The molecule has 7 heteroatoms. The van der Waals surface area contributed by atoms with E-state index in [2.05, 4.69) is 18.6 Å². The van der Waals surface area contributed by atoms with Gasteiger partial charge in [-0.05, 0) is 18.2 Å². The number of aliphatic carboxylic acids is 1. The summed E-state index contributed by atoms with van der Waals surface area (Å²) in [6, 6.07) is 3.63. The average Bonchev–Trinajstić information content (AvgIpc) is 2.37. The van der Waals surface area contributed by atoms with Crippen molar-refractivity contribution in [2.45, 2.75) is 39.3 Å². The molecule has 0 spiro atoms. The molecule has 1 rings (SSSR count). The molecule has 0 aromatic heterocycles. The smallest absolute Gasteiger partial charge is 0.416 e. The number of carbonyl (C=O) groups is 2. The molecule has 21 heavy (non-hydrogen) atoms. The first-order chi connectivity index (χ1) is 9.70. The lowest BCUT2D eigenvalue weighted by atomic mass is 10.2. The molecule has 0 fully saturated rings. The minimum Gasteiger partial charge on any atom is -0.481 e. The summed E-state index contributed by atoms with van der Waals surface area (Å²) in [6.45, 7) is 4.36. The van der Waals surface area contributed by atoms with Crippen LogP contribution in [0.5, 0.6) is 5.75 Å². The van der Waals surface area contributed by atoms with Crippen molar-refractivity contribution in [3.63, 3.8) is 0 Å². The second kappa shape index (κ2) is 8.99. The number of rotatable bonds is 4. The largest absolute Gasteiger partial charge is 0.481 e. The Kier molecular flexibility index (Phi) is 8.11. The van der Waals surface area contributed by atoms with Gasteiger partial charge in [-0.15, -0.1) is 0 Å². The molecule has 1 aromatic carbocycles. The molecule has 0 amide bonds. The van der Waals surface area contributed by atoms with Crippen LogP contribution >= 0.6 is 0 Å². The number of halogens is 3. The molecule has 0 aliphatic heterocycles. The number of carboxylic acids is 1. The van der Waals surface area contributed by atoms with Gasteiger partial charge in [-0.3, -0.25) is 9.59 Å². The maximum atomic E-state index is 12.3. The second-order valence-electron chi connectivity index (χ2n) is 4.07. The highest BCUT2D eigenvalue weighted by atomic mass is 19.4. The first-order valence-corrected chi connectivity index (χ1v) is 6.30. The van der Waals surface area contributed by atoms with Crippen LogP contribution < -0.4 is 4.74 Å². The molecule has 4 nitrogen and oxygen atoms in total. The summed E-state index contributed by atoms with van der Waals surface area (Å²) >= 11 is 0.